The standard InChI is InChI=1S/C41H68O12/c1-20(2)10-9-13-40(8,48)21-11-15-38(6)29(21)23(44)17-27-37(5)14-12-28(45)36(3,4)30(37)25(18-39(27,38)7)51-34-24(16-22(43)26(19-42)52-34)50-35-32(47)41(49)31(46)33(41)53-35/h10,21-35,42-49H,9,11-19H2,1-8H3/t21-,22-,23+,24?,25-,26?,27+,28-,29-,30-,31-,32?,33?,34+,35+,37+,38+,39+,40-,41?/m0/s1. The normalized spacial score (nSPS) is 55.3. The summed E-state index contributed by atoms with van der Waals surface area (Å²) in [6.45, 7) is 16.8. The lowest BCUT2D eigenvalue weighted by molar-refractivity contribution is -0.351. The summed E-state index contributed by atoms with van der Waals surface area (Å²) in [4.78, 5) is 0. The third-order valence-corrected chi connectivity index (χ3v) is 16.7. The van der Waals surface area contributed by atoms with Gasteiger partial charge in [-0.25, -0.2) is 0 Å². The molecule has 2 aliphatic heterocycles. The molecule has 0 aromatic rings. The zero-order valence-corrected chi connectivity index (χ0v) is 33.0. The van der Waals surface area contributed by atoms with Gasteiger partial charge < -0.3 is 59.8 Å². The molecule has 12 heteroatoms. The van der Waals surface area contributed by atoms with E-state index in [1.54, 1.807) is 0 Å². The van der Waals surface area contributed by atoms with E-state index in [0.717, 1.165) is 25.7 Å². The average Bonchev–Trinajstić information content (AvgIpc) is 3.30. The molecular weight excluding hydrogens is 684 g/mol. The van der Waals surface area contributed by atoms with Crippen molar-refractivity contribution in [3.63, 3.8) is 0 Å². The maximum Gasteiger partial charge on any atom is 0.187 e. The maximum absolute atomic E-state index is 12.2. The van der Waals surface area contributed by atoms with E-state index in [4.69, 9.17) is 18.9 Å². The zero-order chi connectivity index (χ0) is 38.8. The third-order valence-electron chi connectivity index (χ3n) is 16.7. The van der Waals surface area contributed by atoms with Crippen LogP contribution in [0, 0.1) is 45.3 Å². The smallest absolute Gasteiger partial charge is 0.187 e. The van der Waals surface area contributed by atoms with Crippen molar-refractivity contribution in [3.8, 4) is 0 Å². The fraction of sp³-hybridized carbons (Fsp3) is 0.951. The molecule has 7 rings (SSSR count). The van der Waals surface area contributed by atoms with Crippen LogP contribution >= 0.6 is 0 Å². The molecule has 8 N–H and O–H groups in total. The Balaban J connectivity index is 1.23. The van der Waals surface area contributed by atoms with Gasteiger partial charge in [0, 0.05) is 6.42 Å². The average molecular weight is 753 g/mol. The van der Waals surface area contributed by atoms with Crippen molar-refractivity contribution >= 4 is 0 Å². The molecule has 5 unspecified atom stereocenters. The first-order chi connectivity index (χ1) is 24.6. The number of ether oxygens (including phenoxy) is 4. The predicted molar refractivity (Wildman–Crippen MR) is 193 cm³/mol. The van der Waals surface area contributed by atoms with Gasteiger partial charge in [-0.15, -0.1) is 0 Å². The molecular formula is C41H68O12. The van der Waals surface area contributed by atoms with E-state index in [0.29, 0.717) is 25.7 Å². The molecule has 2 heterocycles. The summed E-state index contributed by atoms with van der Waals surface area (Å²) in [7, 11) is 0. The minimum absolute atomic E-state index is 0.00414. The van der Waals surface area contributed by atoms with Crippen molar-refractivity contribution < 1.29 is 59.8 Å². The third kappa shape index (κ3) is 5.98. The lowest BCUT2D eigenvalue weighted by Crippen LogP contribution is -2.70. The Kier molecular flexibility index (Phi) is 10.2. The van der Waals surface area contributed by atoms with E-state index in [1.807, 2.05) is 6.92 Å². The molecule has 7 fully saturated rings. The SMILES string of the molecule is CC(C)=CCC[C@](C)(O)[C@H]1CC[C@]2(C)[C@@H]1[C@H](O)C[C@@H]1[C@@]3(C)CC[C@H](O)C(C)(C)[C@@H]3[C@@H](O[C@@H]3OC(CO)[C@@H](O)CC3O[C@@H]3OC4[C@H](O)C4(O)C3O)C[C@]12C. The zero-order valence-electron chi connectivity index (χ0n) is 33.0. The van der Waals surface area contributed by atoms with Gasteiger partial charge in [0.05, 0.1) is 36.6 Å². The van der Waals surface area contributed by atoms with E-state index in [9.17, 15) is 40.9 Å². The van der Waals surface area contributed by atoms with Crippen molar-refractivity contribution in [2.24, 2.45) is 45.3 Å². The highest BCUT2D eigenvalue weighted by atomic mass is 16.8. The van der Waals surface area contributed by atoms with Gasteiger partial charge in [0.15, 0.2) is 18.2 Å². The van der Waals surface area contributed by atoms with E-state index < -0.39 is 90.7 Å². The largest absolute Gasteiger partial charge is 0.394 e. The number of allylic oxidation sites excluding steroid dienone is 2. The van der Waals surface area contributed by atoms with Crippen LogP contribution in [0.4, 0.5) is 0 Å². The van der Waals surface area contributed by atoms with E-state index in [2.05, 4.69) is 54.5 Å². The fourth-order valence-corrected chi connectivity index (χ4v) is 13.6. The lowest BCUT2D eigenvalue weighted by Gasteiger charge is -2.72. The number of hydrogen-bond donors (Lipinski definition) is 8. The van der Waals surface area contributed by atoms with Crippen LogP contribution in [0.5, 0.6) is 0 Å². The summed E-state index contributed by atoms with van der Waals surface area (Å²) in [5.41, 5.74) is -3.19. The van der Waals surface area contributed by atoms with Gasteiger partial charge in [-0.2, -0.15) is 0 Å². The molecule has 0 spiro atoms. The molecule has 0 aromatic carbocycles. The van der Waals surface area contributed by atoms with Crippen LogP contribution in [-0.2, 0) is 18.9 Å². The van der Waals surface area contributed by atoms with Crippen LogP contribution in [0.1, 0.15) is 113 Å². The van der Waals surface area contributed by atoms with Crippen LogP contribution in [0.25, 0.3) is 0 Å². The highest BCUT2D eigenvalue weighted by Gasteiger charge is 2.77. The van der Waals surface area contributed by atoms with Crippen molar-refractivity contribution in [3.05, 3.63) is 11.6 Å². The second-order valence-electron chi connectivity index (χ2n) is 20.2. The van der Waals surface area contributed by atoms with Crippen LogP contribution in [-0.4, -0.2) is 126 Å². The monoisotopic (exact) mass is 752 g/mol. The molecule has 53 heavy (non-hydrogen) atoms. The summed E-state index contributed by atoms with van der Waals surface area (Å²) < 4.78 is 25.3. The Bertz CT molecular complexity index is 1400. The summed E-state index contributed by atoms with van der Waals surface area (Å²) in [6, 6.07) is 0. The fourth-order valence-electron chi connectivity index (χ4n) is 13.6. The van der Waals surface area contributed by atoms with E-state index in [-0.39, 0.29) is 46.3 Å². The van der Waals surface area contributed by atoms with Gasteiger partial charge in [0.25, 0.3) is 0 Å². The molecule has 7 aliphatic rings. The van der Waals surface area contributed by atoms with Gasteiger partial charge in [-0.05, 0) is 117 Å². The minimum atomic E-state index is -1.83. The second-order valence-corrected chi connectivity index (χ2v) is 20.2. The molecule has 5 aliphatic carbocycles. The molecule has 0 bridgehead atoms. The van der Waals surface area contributed by atoms with Gasteiger partial charge >= 0.3 is 0 Å². The number of rotatable bonds is 9. The van der Waals surface area contributed by atoms with Gasteiger partial charge in [-0.1, -0.05) is 46.3 Å². The Morgan fingerprint density at radius 1 is 0.849 bits per heavy atom. The second kappa shape index (κ2) is 13.4. The van der Waals surface area contributed by atoms with Crippen LogP contribution in [0.3, 0.4) is 0 Å². The Hall–Kier alpha value is -0.740. The number of hydrogen-bond acceptors (Lipinski definition) is 12. The highest BCUT2D eigenvalue weighted by molar-refractivity contribution is 5.25. The van der Waals surface area contributed by atoms with Crippen LogP contribution < -0.4 is 0 Å². The Morgan fingerprint density at radius 2 is 1.53 bits per heavy atom. The number of aliphatic hydroxyl groups excluding tert-OH is 6. The first-order valence-corrected chi connectivity index (χ1v) is 20.3. The van der Waals surface area contributed by atoms with Gasteiger partial charge in [0.1, 0.15) is 30.5 Å². The summed E-state index contributed by atoms with van der Waals surface area (Å²) >= 11 is 0. The number of aliphatic hydroxyl groups is 8. The summed E-state index contributed by atoms with van der Waals surface area (Å²) in [5.74, 6) is -0.277. The van der Waals surface area contributed by atoms with Crippen molar-refractivity contribution in [1.82, 2.24) is 0 Å². The first-order valence-electron chi connectivity index (χ1n) is 20.3. The van der Waals surface area contributed by atoms with Crippen LogP contribution in [0.2, 0.25) is 0 Å². The van der Waals surface area contributed by atoms with Crippen molar-refractivity contribution in [1.29, 1.82) is 0 Å². The summed E-state index contributed by atoms with van der Waals surface area (Å²) in [6.07, 6.45) is -3.02. The molecule has 20 atom stereocenters. The van der Waals surface area contributed by atoms with Crippen LogP contribution in [0.15, 0.2) is 11.6 Å². The van der Waals surface area contributed by atoms with Crippen molar-refractivity contribution in [2.45, 2.75) is 192 Å². The lowest BCUT2D eigenvalue weighted by atomic mass is 9.34. The quantitative estimate of drug-likeness (QED) is 0.127. The molecule has 12 nitrogen and oxygen atoms in total. The Morgan fingerprint density at radius 3 is 2.15 bits per heavy atom. The maximum atomic E-state index is 12.2. The molecule has 0 radical (unpaired) electrons. The topological polar surface area (TPSA) is 199 Å². The van der Waals surface area contributed by atoms with E-state index in [1.165, 1.54) is 5.57 Å². The van der Waals surface area contributed by atoms with Crippen molar-refractivity contribution in [2.75, 3.05) is 6.61 Å². The molecule has 0 aromatic heterocycles. The van der Waals surface area contributed by atoms with E-state index >= 15 is 0 Å². The molecule has 0 amide bonds. The number of fused-ring (bicyclic) bond motifs is 6. The van der Waals surface area contributed by atoms with Gasteiger partial charge in [0.2, 0.25) is 0 Å². The summed E-state index contributed by atoms with van der Waals surface area (Å²) in [5, 5.41) is 88.6. The molecule has 5 saturated carbocycles. The first kappa shape index (κ1) is 40.5. The van der Waals surface area contributed by atoms with Gasteiger partial charge in [-0.3, -0.25) is 0 Å². The molecule has 2 saturated heterocycles. The predicted octanol–water partition coefficient (Wildman–Crippen LogP) is 2.54. The molecule has 304 valence electrons. The minimum Gasteiger partial charge on any atom is -0.394 e. The highest BCUT2D eigenvalue weighted by Crippen LogP contribution is 2.76. The Labute approximate surface area is 314 Å².